The Bertz CT molecular complexity index is 1080. The second kappa shape index (κ2) is 8.00. The van der Waals surface area contributed by atoms with Crippen molar-refractivity contribution in [1.29, 1.82) is 0 Å². The van der Waals surface area contributed by atoms with Crippen LogP contribution < -0.4 is 0 Å². The predicted molar refractivity (Wildman–Crippen MR) is 111 cm³/mol. The molecule has 3 heterocycles. The van der Waals surface area contributed by atoms with Crippen molar-refractivity contribution in [2.75, 3.05) is 12.3 Å². The molecule has 0 N–H and O–H groups in total. The van der Waals surface area contributed by atoms with E-state index in [-0.39, 0.29) is 11.7 Å². The van der Waals surface area contributed by atoms with E-state index in [1.54, 1.807) is 11.8 Å². The van der Waals surface area contributed by atoms with Crippen molar-refractivity contribution in [1.82, 2.24) is 14.9 Å². The maximum atomic E-state index is 13.3. The molecule has 0 saturated carbocycles. The summed E-state index contributed by atoms with van der Waals surface area (Å²) in [6.07, 6.45) is 1.20. The minimum atomic E-state index is -0.730. The number of ether oxygens (including phenoxy) is 1. The molecule has 1 unspecified atom stereocenters. The third-order valence-electron chi connectivity index (χ3n) is 4.46. The molecule has 1 aliphatic heterocycles. The maximum absolute atomic E-state index is 13.3. The van der Waals surface area contributed by atoms with Gasteiger partial charge < -0.3 is 9.15 Å². The zero-order valence-corrected chi connectivity index (χ0v) is 17.8. The average molecular weight is 430 g/mol. The largest absolute Gasteiger partial charge is 0.436 e. The van der Waals surface area contributed by atoms with E-state index in [9.17, 15) is 9.59 Å². The van der Waals surface area contributed by atoms with Crippen LogP contribution >= 0.6 is 23.1 Å². The molecule has 29 heavy (non-hydrogen) atoms. The summed E-state index contributed by atoms with van der Waals surface area (Å²) in [7, 11) is 0. The summed E-state index contributed by atoms with van der Waals surface area (Å²) in [5.41, 5.74) is 2.17. The van der Waals surface area contributed by atoms with Gasteiger partial charge in [0.15, 0.2) is 6.39 Å². The number of thioether (sulfide) groups is 1. The summed E-state index contributed by atoms with van der Waals surface area (Å²) >= 11 is 2.87. The van der Waals surface area contributed by atoms with Crippen molar-refractivity contribution in [3.63, 3.8) is 0 Å². The molecule has 3 aromatic rings. The molecule has 1 fully saturated rings. The van der Waals surface area contributed by atoms with Gasteiger partial charge in [0.2, 0.25) is 11.3 Å². The van der Waals surface area contributed by atoms with Crippen molar-refractivity contribution >= 4 is 35.0 Å². The van der Waals surface area contributed by atoms with Crippen LogP contribution in [0.4, 0.5) is 0 Å². The van der Waals surface area contributed by atoms with Crippen molar-refractivity contribution in [3.05, 3.63) is 58.4 Å². The van der Waals surface area contributed by atoms with E-state index >= 15 is 0 Å². The van der Waals surface area contributed by atoms with Crippen LogP contribution in [0, 0.1) is 20.8 Å². The molecule has 4 rings (SSSR count). The monoisotopic (exact) mass is 429 g/mol. The highest BCUT2D eigenvalue weighted by Crippen LogP contribution is 2.34. The zero-order chi connectivity index (χ0) is 20.5. The molecule has 9 heteroatoms. The van der Waals surface area contributed by atoms with Crippen LogP contribution in [0.2, 0.25) is 0 Å². The van der Waals surface area contributed by atoms with Crippen LogP contribution in [0.25, 0.3) is 10.4 Å². The Labute approximate surface area is 176 Å². The maximum Gasteiger partial charge on any atom is 0.378 e. The van der Waals surface area contributed by atoms with Crippen molar-refractivity contribution in [2.24, 2.45) is 0 Å². The van der Waals surface area contributed by atoms with E-state index in [1.807, 2.05) is 38.1 Å². The highest BCUT2D eigenvalue weighted by molar-refractivity contribution is 8.00. The second-order valence-corrected chi connectivity index (χ2v) is 8.98. The second-order valence-electron chi connectivity index (χ2n) is 6.63. The number of benzene rings is 1. The van der Waals surface area contributed by atoms with Crippen LogP contribution in [0.15, 0.2) is 35.1 Å². The molecule has 2 aromatic heterocycles. The fraction of sp³-hybridized carbons (Fsp3) is 0.300. The Balaban J connectivity index is 1.59. The molecule has 150 valence electrons. The molecule has 0 spiro atoms. The minimum absolute atomic E-state index is 0.0508. The normalized spacial score (nSPS) is 16.2. The van der Waals surface area contributed by atoms with Gasteiger partial charge in [0, 0.05) is 12.3 Å². The van der Waals surface area contributed by atoms with Crippen molar-refractivity contribution < 1.29 is 18.7 Å². The van der Waals surface area contributed by atoms with Gasteiger partial charge in [-0.15, -0.1) is 11.3 Å². The molecular weight excluding hydrogens is 410 g/mol. The molecule has 1 saturated heterocycles. The number of esters is 1. The van der Waals surface area contributed by atoms with Gasteiger partial charge in [-0.3, -0.25) is 9.69 Å². The Morgan fingerprint density at radius 3 is 2.83 bits per heavy atom. The van der Waals surface area contributed by atoms with E-state index < -0.39 is 11.5 Å². The number of carbonyl (C=O) groups excluding carboxylic acids is 2. The molecule has 0 bridgehead atoms. The summed E-state index contributed by atoms with van der Waals surface area (Å²) in [4.78, 5) is 36.5. The summed E-state index contributed by atoms with van der Waals surface area (Å²) in [6, 6.07) is 7.98. The molecule has 7 nitrogen and oxygen atoms in total. The molecule has 0 aliphatic carbocycles. The zero-order valence-electron chi connectivity index (χ0n) is 16.2. The third-order valence-corrected chi connectivity index (χ3v) is 6.54. The molecular formula is C20H19N3O4S2. The molecule has 1 amide bonds. The number of carbonyl (C=O) groups is 2. The Morgan fingerprint density at radius 2 is 2.10 bits per heavy atom. The number of aromatic nitrogens is 2. The number of rotatable bonds is 4. The van der Waals surface area contributed by atoms with E-state index in [2.05, 4.69) is 9.97 Å². The smallest absolute Gasteiger partial charge is 0.378 e. The quantitative estimate of drug-likeness (QED) is 0.578. The van der Waals surface area contributed by atoms with E-state index in [0.29, 0.717) is 23.7 Å². The number of nitrogens with zero attached hydrogens (tertiary/aromatic N) is 3. The number of aryl methyl sites for hydroxylation is 3. The van der Waals surface area contributed by atoms with Gasteiger partial charge >= 0.3 is 5.97 Å². The van der Waals surface area contributed by atoms with Gasteiger partial charge in [0.05, 0.1) is 15.6 Å². The lowest BCUT2D eigenvalue weighted by molar-refractivity contribution is 0.0115. The first kappa shape index (κ1) is 19.7. The third kappa shape index (κ3) is 3.92. The fourth-order valence-electron chi connectivity index (χ4n) is 3.08. The topological polar surface area (TPSA) is 85.5 Å². The lowest BCUT2D eigenvalue weighted by Gasteiger charge is -2.22. The minimum Gasteiger partial charge on any atom is -0.436 e. The predicted octanol–water partition coefficient (Wildman–Crippen LogP) is 4.05. The van der Waals surface area contributed by atoms with Gasteiger partial charge in [0.25, 0.3) is 5.91 Å². The standard InChI is InChI=1S/C20H19N3O4S2/c1-11-5-4-6-14(9-11)17-15(22-13(3)29-17)18(24)23-7-8-28-20(23)27-19(25)16-12(2)21-10-26-16/h4-6,9-10,20H,7-8H2,1-3H3. The fourth-order valence-corrected chi connectivity index (χ4v) is 5.02. The first-order chi connectivity index (χ1) is 13.9. The van der Waals surface area contributed by atoms with E-state index in [1.165, 1.54) is 29.5 Å². The SMILES string of the molecule is Cc1cccc(-c2sc(C)nc2C(=O)N2CCSC2OC(=O)c2ocnc2C)c1. The Kier molecular flexibility index (Phi) is 5.42. The van der Waals surface area contributed by atoms with Crippen LogP contribution in [-0.2, 0) is 4.74 Å². The van der Waals surface area contributed by atoms with Gasteiger partial charge in [-0.2, -0.15) is 0 Å². The van der Waals surface area contributed by atoms with Crippen LogP contribution in [0.1, 0.15) is 37.3 Å². The number of hydrogen-bond acceptors (Lipinski definition) is 8. The highest BCUT2D eigenvalue weighted by Gasteiger charge is 2.36. The van der Waals surface area contributed by atoms with Crippen molar-refractivity contribution in [3.8, 4) is 10.4 Å². The first-order valence-electron chi connectivity index (χ1n) is 9.02. The number of thiazole rings is 1. The highest BCUT2D eigenvalue weighted by atomic mass is 32.2. The molecule has 0 radical (unpaired) electrons. The summed E-state index contributed by atoms with van der Waals surface area (Å²) < 4.78 is 10.6. The summed E-state index contributed by atoms with van der Waals surface area (Å²) in [5, 5.41) is 0.808. The number of amides is 1. The Morgan fingerprint density at radius 1 is 1.28 bits per heavy atom. The average Bonchev–Trinajstić information content (AvgIpc) is 3.41. The Hall–Kier alpha value is -2.65. The van der Waals surface area contributed by atoms with E-state index in [4.69, 9.17) is 9.15 Å². The van der Waals surface area contributed by atoms with Gasteiger partial charge in [-0.05, 0) is 26.3 Å². The lowest BCUT2D eigenvalue weighted by atomic mass is 10.1. The van der Waals surface area contributed by atoms with E-state index in [0.717, 1.165) is 21.0 Å². The molecule has 1 atom stereocenters. The molecule has 1 aliphatic rings. The molecule has 1 aromatic carbocycles. The lowest BCUT2D eigenvalue weighted by Crippen LogP contribution is -2.38. The number of hydrogen-bond donors (Lipinski definition) is 0. The van der Waals surface area contributed by atoms with Gasteiger partial charge in [0.1, 0.15) is 5.69 Å². The van der Waals surface area contributed by atoms with Crippen LogP contribution in [0.3, 0.4) is 0 Å². The number of oxazole rings is 1. The van der Waals surface area contributed by atoms with Gasteiger partial charge in [-0.25, -0.2) is 14.8 Å². The first-order valence-corrected chi connectivity index (χ1v) is 10.9. The summed E-state index contributed by atoms with van der Waals surface area (Å²) in [6.45, 7) is 6.03. The van der Waals surface area contributed by atoms with Crippen LogP contribution in [-0.4, -0.2) is 44.6 Å². The van der Waals surface area contributed by atoms with Gasteiger partial charge in [-0.1, -0.05) is 41.6 Å². The van der Waals surface area contributed by atoms with Crippen LogP contribution in [0.5, 0.6) is 0 Å². The summed E-state index contributed by atoms with van der Waals surface area (Å²) in [5.74, 6) is -0.162. The van der Waals surface area contributed by atoms with Crippen molar-refractivity contribution in [2.45, 2.75) is 26.3 Å².